The molecule has 2 nitrogen and oxygen atoms in total. The number of fused-ring (bicyclic) bond motifs is 1. The molecule has 0 spiro atoms. The molecule has 104 valence electrons. The molecule has 4 heteroatoms. The van der Waals surface area contributed by atoms with Gasteiger partial charge in [-0.15, -0.1) is 0 Å². The van der Waals surface area contributed by atoms with Crippen LogP contribution in [0.2, 0.25) is 0 Å². The van der Waals surface area contributed by atoms with Gasteiger partial charge in [0.05, 0.1) is 18.5 Å². The average Bonchev–Trinajstić information content (AvgIpc) is 2.93. The molecule has 1 aliphatic heterocycles. The predicted molar refractivity (Wildman–Crippen MR) is 87.1 cm³/mol. The molecule has 1 unspecified atom stereocenters. The lowest BCUT2D eigenvalue weighted by molar-refractivity contribution is 0.357. The molecule has 3 rings (SSSR count). The molecule has 1 heterocycles. The molecule has 0 bridgehead atoms. The zero-order valence-electron chi connectivity index (χ0n) is 11.0. The van der Waals surface area contributed by atoms with Crippen LogP contribution in [0.3, 0.4) is 0 Å². The minimum atomic E-state index is 0.147. The molecule has 2 aromatic carbocycles. The average molecular weight is 398 g/mol. The second-order valence-corrected chi connectivity index (χ2v) is 6.49. The van der Waals surface area contributed by atoms with Crippen LogP contribution in [0.1, 0.15) is 21.5 Å². The highest BCUT2D eigenvalue weighted by Gasteiger charge is 2.18. The van der Waals surface area contributed by atoms with Crippen LogP contribution >= 0.6 is 31.9 Å². The van der Waals surface area contributed by atoms with Gasteiger partial charge in [-0.2, -0.15) is 0 Å². The Morgan fingerprint density at radius 3 is 2.80 bits per heavy atom. The first-order chi connectivity index (χ1) is 9.69. The maximum absolute atomic E-state index is 5.55. The van der Waals surface area contributed by atoms with Gasteiger partial charge in [0.1, 0.15) is 11.5 Å². The van der Waals surface area contributed by atoms with Crippen LogP contribution in [0.5, 0.6) is 11.5 Å². The lowest BCUT2D eigenvalue weighted by Crippen LogP contribution is -1.96. The first kappa shape index (κ1) is 14.0. The molecule has 2 aromatic rings. The quantitative estimate of drug-likeness (QED) is 0.687. The lowest BCUT2D eigenvalue weighted by atomic mass is 10.0. The summed E-state index contributed by atoms with van der Waals surface area (Å²) in [6.07, 6.45) is 0.993. The molecule has 0 radical (unpaired) electrons. The summed E-state index contributed by atoms with van der Waals surface area (Å²) >= 11 is 7.40. The minimum absolute atomic E-state index is 0.147. The van der Waals surface area contributed by atoms with Crippen molar-refractivity contribution in [1.82, 2.24) is 0 Å². The summed E-state index contributed by atoms with van der Waals surface area (Å²) in [5, 5.41) is 0. The van der Waals surface area contributed by atoms with E-state index < -0.39 is 0 Å². The third-order valence-electron chi connectivity index (χ3n) is 3.49. The number of methoxy groups -OCH3 is 1. The third kappa shape index (κ3) is 2.59. The molecule has 0 aromatic heterocycles. The highest BCUT2D eigenvalue weighted by Crippen LogP contribution is 2.39. The molecular formula is C16H14Br2O2. The highest BCUT2D eigenvalue weighted by molar-refractivity contribution is 9.11. The molecule has 0 fully saturated rings. The molecular weight excluding hydrogens is 384 g/mol. The molecule has 1 aliphatic rings. The molecule has 0 saturated heterocycles. The number of ether oxygens (including phenoxy) is 2. The summed E-state index contributed by atoms with van der Waals surface area (Å²) in [6.45, 7) is 0.790. The Hall–Kier alpha value is -1.00. The van der Waals surface area contributed by atoms with Gasteiger partial charge in [0.25, 0.3) is 0 Å². The maximum atomic E-state index is 5.55. The van der Waals surface area contributed by atoms with Gasteiger partial charge in [-0.05, 0) is 34.9 Å². The number of hydrogen-bond acceptors (Lipinski definition) is 2. The van der Waals surface area contributed by atoms with Gasteiger partial charge in [-0.3, -0.25) is 0 Å². The Kier molecular flexibility index (Phi) is 4.03. The standard InChI is InChI=1S/C16H14Br2O2/c1-19-12-3-4-13(14(17)9-12)16(18)11-2-5-15-10(8-11)6-7-20-15/h2-5,8-9,16H,6-7H2,1H3. The van der Waals surface area contributed by atoms with Gasteiger partial charge in [0.2, 0.25) is 0 Å². The van der Waals surface area contributed by atoms with E-state index in [2.05, 4.69) is 56.1 Å². The summed E-state index contributed by atoms with van der Waals surface area (Å²) in [7, 11) is 1.67. The van der Waals surface area contributed by atoms with Gasteiger partial charge in [-0.1, -0.05) is 50.1 Å². The summed E-state index contributed by atoms with van der Waals surface area (Å²) in [5.74, 6) is 1.87. The van der Waals surface area contributed by atoms with Gasteiger partial charge in [0.15, 0.2) is 0 Å². The molecule has 0 saturated carbocycles. The van der Waals surface area contributed by atoms with Crippen molar-refractivity contribution in [1.29, 1.82) is 0 Å². The van der Waals surface area contributed by atoms with Crippen LogP contribution in [-0.2, 0) is 6.42 Å². The Labute approximate surface area is 135 Å². The van der Waals surface area contributed by atoms with E-state index in [1.165, 1.54) is 16.7 Å². The van der Waals surface area contributed by atoms with E-state index in [4.69, 9.17) is 9.47 Å². The molecule has 1 atom stereocenters. The van der Waals surface area contributed by atoms with Gasteiger partial charge in [0, 0.05) is 10.9 Å². The maximum Gasteiger partial charge on any atom is 0.122 e. The Morgan fingerprint density at radius 1 is 1.20 bits per heavy atom. The molecule has 0 N–H and O–H groups in total. The fourth-order valence-corrected chi connectivity index (χ4v) is 3.96. The van der Waals surface area contributed by atoms with E-state index in [0.717, 1.165) is 29.0 Å². The normalized spacial score (nSPS) is 14.6. The van der Waals surface area contributed by atoms with Crippen molar-refractivity contribution in [3.63, 3.8) is 0 Å². The zero-order chi connectivity index (χ0) is 14.1. The van der Waals surface area contributed by atoms with E-state index in [0.29, 0.717) is 0 Å². The first-order valence-corrected chi connectivity index (χ1v) is 8.13. The summed E-state index contributed by atoms with van der Waals surface area (Å²) in [5.41, 5.74) is 3.71. The predicted octanol–water partition coefficient (Wildman–Crippen LogP) is 4.88. The van der Waals surface area contributed by atoms with Crippen molar-refractivity contribution >= 4 is 31.9 Å². The monoisotopic (exact) mass is 396 g/mol. The van der Waals surface area contributed by atoms with E-state index in [1.54, 1.807) is 7.11 Å². The highest BCUT2D eigenvalue weighted by atomic mass is 79.9. The van der Waals surface area contributed by atoms with Crippen molar-refractivity contribution in [2.45, 2.75) is 11.2 Å². The van der Waals surface area contributed by atoms with Crippen molar-refractivity contribution in [3.05, 3.63) is 57.6 Å². The van der Waals surface area contributed by atoms with E-state index in [1.807, 2.05) is 12.1 Å². The summed E-state index contributed by atoms with van der Waals surface area (Å²) in [4.78, 5) is 0.147. The second-order valence-electron chi connectivity index (χ2n) is 4.72. The van der Waals surface area contributed by atoms with Crippen molar-refractivity contribution in [3.8, 4) is 11.5 Å². The fraction of sp³-hybridized carbons (Fsp3) is 0.250. The smallest absolute Gasteiger partial charge is 0.122 e. The fourth-order valence-electron chi connectivity index (χ4n) is 2.38. The molecule has 20 heavy (non-hydrogen) atoms. The largest absolute Gasteiger partial charge is 0.497 e. The van der Waals surface area contributed by atoms with Gasteiger partial charge >= 0.3 is 0 Å². The SMILES string of the molecule is COc1ccc(C(Br)c2ccc3c(c2)CCO3)c(Br)c1. The minimum Gasteiger partial charge on any atom is -0.497 e. The zero-order valence-corrected chi connectivity index (χ0v) is 14.2. The van der Waals surface area contributed by atoms with Crippen LogP contribution in [-0.4, -0.2) is 13.7 Å². The van der Waals surface area contributed by atoms with E-state index >= 15 is 0 Å². The second kappa shape index (κ2) is 5.78. The lowest BCUT2D eigenvalue weighted by Gasteiger charge is -2.14. The van der Waals surface area contributed by atoms with Gasteiger partial charge < -0.3 is 9.47 Å². The van der Waals surface area contributed by atoms with E-state index in [-0.39, 0.29) is 4.83 Å². The Balaban J connectivity index is 1.94. The number of alkyl halides is 1. The molecule has 0 aliphatic carbocycles. The van der Waals surface area contributed by atoms with Crippen molar-refractivity contribution in [2.75, 3.05) is 13.7 Å². The first-order valence-electron chi connectivity index (χ1n) is 6.42. The Bertz CT molecular complexity index is 640. The summed E-state index contributed by atoms with van der Waals surface area (Å²) < 4.78 is 11.8. The number of hydrogen-bond donors (Lipinski definition) is 0. The number of halogens is 2. The van der Waals surface area contributed by atoms with Crippen LogP contribution < -0.4 is 9.47 Å². The van der Waals surface area contributed by atoms with Crippen molar-refractivity contribution in [2.24, 2.45) is 0 Å². The molecule has 0 amide bonds. The summed E-state index contributed by atoms with van der Waals surface area (Å²) in [6, 6.07) is 12.4. The topological polar surface area (TPSA) is 18.5 Å². The van der Waals surface area contributed by atoms with Crippen molar-refractivity contribution < 1.29 is 9.47 Å². The number of benzene rings is 2. The third-order valence-corrected chi connectivity index (χ3v) is 5.20. The van der Waals surface area contributed by atoms with Crippen LogP contribution in [0.4, 0.5) is 0 Å². The van der Waals surface area contributed by atoms with Crippen LogP contribution in [0.15, 0.2) is 40.9 Å². The van der Waals surface area contributed by atoms with Crippen LogP contribution in [0, 0.1) is 0 Å². The number of rotatable bonds is 3. The van der Waals surface area contributed by atoms with Gasteiger partial charge in [-0.25, -0.2) is 0 Å². The van der Waals surface area contributed by atoms with Crippen LogP contribution in [0.25, 0.3) is 0 Å². The Morgan fingerprint density at radius 2 is 2.05 bits per heavy atom. The van der Waals surface area contributed by atoms with E-state index in [9.17, 15) is 0 Å².